The number of hydrogen-bond donors (Lipinski definition) is 2. The van der Waals surface area contributed by atoms with E-state index < -0.39 is 0 Å². The van der Waals surface area contributed by atoms with Crippen LogP contribution >= 0.6 is 0 Å². The van der Waals surface area contributed by atoms with Gasteiger partial charge in [-0.1, -0.05) is 6.92 Å². The van der Waals surface area contributed by atoms with Gasteiger partial charge in [0.1, 0.15) is 0 Å². The molecular formula is C9H21N3. The van der Waals surface area contributed by atoms with Gasteiger partial charge in [0.2, 0.25) is 0 Å². The van der Waals surface area contributed by atoms with Crippen molar-refractivity contribution in [3.8, 4) is 0 Å². The third-order valence-electron chi connectivity index (χ3n) is 1.43. The van der Waals surface area contributed by atoms with Crippen molar-refractivity contribution in [2.45, 2.75) is 39.7 Å². The predicted octanol–water partition coefficient (Wildman–Crippen LogP) is 1.65. The van der Waals surface area contributed by atoms with Crippen LogP contribution in [0.1, 0.15) is 34.1 Å². The van der Waals surface area contributed by atoms with E-state index in [1.807, 2.05) is 11.9 Å². The molecule has 0 aromatic rings. The largest absolute Gasteiger partial charge is 0.352 e. The van der Waals surface area contributed by atoms with Crippen molar-refractivity contribution in [1.29, 1.82) is 5.41 Å². The molecule has 0 fully saturated rings. The summed E-state index contributed by atoms with van der Waals surface area (Å²) < 4.78 is 0. The summed E-state index contributed by atoms with van der Waals surface area (Å²) in [6.07, 6.45) is 1.07. The minimum atomic E-state index is -0.0148. The molecule has 0 aromatic carbocycles. The van der Waals surface area contributed by atoms with E-state index >= 15 is 0 Å². The Labute approximate surface area is 75.7 Å². The van der Waals surface area contributed by atoms with Crippen molar-refractivity contribution in [3.63, 3.8) is 0 Å². The second-order valence-electron chi connectivity index (χ2n) is 4.15. The number of guanidine groups is 1. The Morgan fingerprint density at radius 3 is 2.25 bits per heavy atom. The lowest BCUT2D eigenvalue weighted by Crippen LogP contribution is -2.47. The molecule has 0 atom stereocenters. The van der Waals surface area contributed by atoms with Crippen LogP contribution in [0.3, 0.4) is 0 Å². The quantitative estimate of drug-likeness (QED) is 0.490. The van der Waals surface area contributed by atoms with Crippen molar-refractivity contribution in [2.75, 3.05) is 13.6 Å². The minimum Gasteiger partial charge on any atom is -0.352 e. The van der Waals surface area contributed by atoms with Gasteiger partial charge < -0.3 is 10.2 Å². The highest BCUT2D eigenvalue weighted by Gasteiger charge is 2.12. The molecule has 0 aliphatic heterocycles. The molecule has 3 nitrogen and oxygen atoms in total. The van der Waals surface area contributed by atoms with Gasteiger partial charge in [0.15, 0.2) is 5.96 Å². The molecule has 0 saturated heterocycles. The fourth-order valence-corrected chi connectivity index (χ4v) is 0.898. The van der Waals surface area contributed by atoms with E-state index in [2.05, 4.69) is 33.0 Å². The van der Waals surface area contributed by atoms with Gasteiger partial charge in [0, 0.05) is 19.1 Å². The van der Waals surface area contributed by atoms with Crippen LogP contribution in [0.2, 0.25) is 0 Å². The summed E-state index contributed by atoms with van der Waals surface area (Å²) in [6, 6.07) is 0. The van der Waals surface area contributed by atoms with Crippen LogP contribution in [-0.4, -0.2) is 30.0 Å². The normalized spacial score (nSPS) is 11.1. The Morgan fingerprint density at radius 1 is 1.42 bits per heavy atom. The Bertz CT molecular complexity index is 146. The number of hydrogen-bond acceptors (Lipinski definition) is 1. The average molecular weight is 171 g/mol. The predicted molar refractivity (Wildman–Crippen MR) is 53.5 cm³/mol. The molecule has 0 rings (SSSR count). The standard InChI is InChI=1S/C9H21N3/c1-6-7-12(5)8(10)11-9(2,3)4/h6-7H2,1-5H3,(H2,10,11). The van der Waals surface area contributed by atoms with Gasteiger partial charge >= 0.3 is 0 Å². The lowest BCUT2D eigenvalue weighted by atomic mass is 10.1. The molecule has 0 radical (unpaired) electrons. The summed E-state index contributed by atoms with van der Waals surface area (Å²) in [5.41, 5.74) is -0.0148. The lowest BCUT2D eigenvalue weighted by Gasteiger charge is -2.27. The molecule has 72 valence electrons. The van der Waals surface area contributed by atoms with Crippen molar-refractivity contribution in [3.05, 3.63) is 0 Å². The summed E-state index contributed by atoms with van der Waals surface area (Å²) >= 11 is 0. The first kappa shape index (κ1) is 11.3. The fourth-order valence-electron chi connectivity index (χ4n) is 0.898. The molecule has 0 aliphatic carbocycles. The van der Waals surface area contributed by atoms with Crippen molar-refractivity contribution >= 4 is 5.96 Å². The van der Waals surface area contributed by atoms with E-state index in [1.54, 1.807) is 0 Å². The maximum absolute atomic E-state index is 7.67. The van der Waals surface area contributed by atoms with Crippen molar-refractivity contribution < 1.29 is 0 Å². The minimum absolute atomic E-state index is 0.0148. The molecule has 0 aromatic heterocycles. The van der Waals surface area contributed by atoms with Gasteiger partial charge in [-0.3, -0.25) is 5.41 Å². The summed E-state index contributed by atoms with van der Waals surface area (Å²) in [5, 5.41) is 10.8. The maximum Gasteiger partial charge on any atom is 0.191 e. The highest BCUT2D eigenvalue weighted by molar-refractivity contribution is 5.77. The average Bonchev–Trinajstić information content (AvgIpc) is 1.84. The molecule has 0 amide bonds. The van der Waals surface area contributed by atoms with Crippen LogP contribution in [0.4, 0.5) is 0 Å². The second-order valence-corrected chi connectivity index (χ2v) is 4.15. The number of nitrogens with zero attached hydrogens (tertiary/aromatic N) is 1. The topological polar surface area (TPSA) is 39.1 Å². The van der Waals surface area contributed by atoms with E-state index in [0.717, 1.165) is 13.0 Å². The van der Waals surface area contributed by atoms with Gasteiger partial charge in [-0.15, -0.1) is 0 Å². The first-order chi connectivity index (χ1) is 5.37. The van der Waals surface area contributed by atoms with Crippen LogP contribution in [0.25, 0.3) is 0 Å². The van der Waals surface area contributed by atoms with Crippen LogP contribution < -0.4 is 5.32 Å². The molecule has 0 unspecified atom stereocenters. The Balaban J connectivity index is 3.87. The van der Waals surface area contributed by atoms with E-state index in [0.29, 0.717) is 5.96 Å². The highest BCUT2D eigenvalue weighted by atomic mass is 15.3. The zero-order valence-electron chi connectivity index (χ0n) is 8.86. The van der Waals surface area contributed by atoms with E-state index in [1.165, 1.54) is 0 Å². The van der Waals surface area contributed by atoms with Gasteiger partial charge in [-0.25, -0.2) is 0 Å². The lowest BCUT2D eigenvalue weighted by molar-refractivity contribution is 0.426. The Morgan fingerprint density at radius 2 is 1.92 bits per heavy atom. The van der Waals surface area contributed by atoms with Gasteiger partial charge in [-0.2, -0.15) is 0 Å². The van der Waals surface area contributed by atoms with E-state index in [9.17, 15) is 0 Å². The summed E-state index contributed by atoms with van der Waals surface area (Å²) in [4.78, 5) is 1.92. The third-order valence-corrected chi connectivity index (χ3v) is 1.43. The van der Waals surface area contributed by atoms with Crippen LogP contribution in [0.15, 0.2) is 0 Å². The zero-order valence-corrected chi connectivity index (χ0v) is 8.86. The Kier molecular flexibility index (Phi) is 4.07. The van der Waals surface area contributed by atoms with Crippen LogP contribution in [-0.2, 0) is 0 Å². The third kappa shape index (κ3) is 4.99. The highest BCUT2D eigenvalue weighted by Crippen LogP contribution is 1.99. The number of nitrogens with one attached hydrogen (secondary N) is 2. The van der Waals surface area contributed by atoms with Crippen LogP contribution in [0.5, 0.6) is 0 Å². The fraction of sp³-hybridized carbons (Fsp3) is 0.889. The summed E-state index contributed by atoms with van der Waals surface area (Å²) in [6.45, 7) is 9.22. The first-order valence-corrected chi connectivity index (χ1v) is 4.44. The molecule has 0 bridgehead atoms. The second kappa shape index (κ2) is 4.33. The molecule has 0 aliphatic rings. The van der Waals surface area contributed by atoms with Crippen molar-refractivity contribution in [1.82, 2.24) is 10.2 Å². The van der Waals surface area contributed by atoms with Gasteiger partial charge in [0.05, 0.1) is 0 Å². The maximum atomic E-state index is 7.67. The molecular weight excluding hydrogens is 150 g/mol. The molecule has 0 saturated carbocycles. The van der Waals surface area contributed by atoms with Crippen LogP contribution in [0, 0.1) is 5.41 Å². The Hall–Kier alpha value is -0.730. The smallest absolute Gasteiger partial charge is 0.191 e. The first-order valence-electron chi connectivity index (χ1n) is 4.44. The molecule has 2 N–H and O–H groups in total. The summed E-state index contributed by atoms with van der Waals surface area (Å²) in [5.74, 6) is 0.504. The molecule has 12 heavy (non-hydrogen) atoms. The number of rotatable bonds is 2. The molecule has 3 heteroatoms. The molecule has 0 heterocycles. The van der Waals surface area contributed by atoms with E-state index in [-0.39, 0.29) is 5.54 Å². The van der Waals surface area contributed by atoms with E-state index in [4.69, 9.17) is 5.41 Å². The van der Waals surface area contributed by atoms with Crippen molar-refractivity contribution in [2.24, 2.45) is 0 Å². The zero-order chi connectivity index (χ0) is 9.78. The monoisotopic (exact) mass is 171 g/mol. The van der Waals surface area contributed by atoms with Gasteiger partial charge in [-0.05, 0) is 27.2 Å². The summed E-state index contributed by atoms with van der Waals surface area (Å²) in [7, 11) is 1.94. The molecule has 0 spiro atoms. The SMILES string of the molecule is CCCN(C)C(=N)NC(C)(C)C. The van der Waals surface area contributed by atoms with Gasteiger partial charge in [0.25, 0.3) is 0 Å².